The molecule has 130 valence electrons. The third-order valence-electron chi connectivity index (χ3n) is 3.97. The van der Waals surface area contributed by atoms with Crippen molar-refractivity contribution in [2.24, 2.45) is 13.0 Å². The summed E-state index contributed by atoms with van der Waals surface area (Å²) in [7, 11) is -1.67. The maximum atomic E-state index is 12.1. The van der Waals surface area contributed by atoms with E-state index < -0.39 is 10.0 Å². The van der Waals surface area contributed by atoms with E-state index in [2.05, 4.69) is 15.0 Å². The summed E-state index contributed by atoms with van der Waals surface area (Å²) in [5.41, 5.74) is 0.898. The fourth-order valence-corrected chi connectivity index (χ4v) is 3.69. The van der Waals surface area contributed by atoms with E-state index in [9.17, 15) is 8.42 Å². The van der Waals surface area contributed by atoms with E-state index in [-0.39, 0.29) is 4.90 Å². The lowest BCUT2D eigenvalue weighted by Crippen LogP contribution is -2.26. The largest absolute Gasteiger partial charge is 0.364 e. The zero-order valence-corrected chi connectivity index (χ0v) is 15.4. The van der Waals surface area contributed by atoms with Crippen LogP contribution in [0.15, 0.2) is 29.3 Å². The van der Waals surface area contributed by atoms with Crippen LogP contribution >= 0.6 is 23.2 Å². The van der Waals surface area contributed by atoms with Crippen molar-refractivity contribution < 1.29 is 8.42 Å². The fraction of sp³-hybridized carbons (Fsp3) is 0.400. The molecule has 0 spiro atoms. The van der Waals surface area contributed by atoms with Crippen LogP contribution in [0.5, 0.6) is 0 Å². The van der Waals surface area contributed by atoms with Crippen LogP contribution < -0.4 is 10.0 Å². The van der Waals surface area contributed by atoms with Gasteiger partial charge in [0.1, 0.15) is 15.9 Å². The van der Waals surface area contributed by atoms with Crippen molar-refractivity contribution in [1.82, 2.24) is 14.3 Å². The Morgan fingerprint density at radius 3 is 2.62 bits per heavy atom. The van der Waals surface area contributed by atoms with Crippen LogP contribution in [0.4, 0.5) is 5.82 Å². The molecule has 0 amide bonds. The minimum absolute atomic E-state index is 0.165. The van der Waals surface area contributed by atoms with Crippen LogP contribution in [0.1, 0.15) is 18.5 Å². The summed E-state index contributed by atoms with van der Waals surface area (Å²) < 4.78 is 28.7. The van der Waals surface area contributed by atoms with E-state index >= 15 is 0 Å². The van der Waals surface area contributed by atoms with Gasteiger partial charge >= 0.3 is 0 Å². The van der Waals surface area contributed by atoms with Crippen LogP contribution in [-0.2, 0) is 23.6 Å². The molecule has 0 unspecified atom stereocenters. The molecule has 9 heteroatoms. The minimum Gasteiger partial charge on any atom is -0.364 e. The van der Waals surface area contributed by atoms with Gasteiger partial charge in [-0.05, 0) is 37.0 Å². The number of halogens is 2. The van der Waals surface area contributed by atoms with Gasteiger partial charge in [0.05, 0.1) is 11.6 Å². The summed E-state index contributed by atoms with van der Waals surface area (Å²) in [6, 6.07) is 4.95. The van der Waals surface area contributed by atoms with E-state index in [1.54, 1.807) is 16.7 Å². The molecule has 1 fully saturated rings. The summed E-state index contributed by atoms with van der Waals surface area (Å²) >= 11 is 12.0. The second kappa shape index (κ2) is 6.92. The average Bonchev–Trinajstić information content (AvgIpc) is 3.36. The first-order valence-corrected chi connectivity index (χ1v) is 9.80. The molecule has 3 rings (SSSR count). The number of nitrogens with zero attached hydrogens (tertiary/aromatic N) is 2. The number of nitrogens with one attached hydrogen (secondary N) is 2. The van der Waals surface area contributed by atoms with Crippen molar-refractivity contribution >= 4 is 39.0 Å². The van der Waals surface area contributed by atoms with Gasteiger partial charge in [0.2, 0.25) is 10.0 Å². The van der Waals surface area contributed by atoms with Gasteiger partial charge < -0.3 is 9.88 Å². The Morgan fingerprint density at radius 2 is 2.08 bits per heavy atom. The lowest BCUT2D eigenvalue weighted by atomic mass is 10.4. The molecule has 1 saturated carbocycles. The lowest BCUT2D eigenvalue weighted by Gasteiger charge is -2.09. The second-order valence-corrected chi connectivity index (χ2v) is 8.39. The molecule has 2 heterocycles. The summed E-state index contributed by atoms with van der Waals surface area (Å²) in [4.78, 5) is 4.32. The van der Waals surface area contributed by atoms with Gasteiger partial charge in [-0.25, -0.2) is 18.1 Å². The summed E-state index contributed by atoms with van der Waals surface area (Å²) in [5, 5.41) is 4.09. The Hall–Kier alpha value is -1.28. The van der Waals surface area contributed by atoms with E-state index in [0.717, 1.165) is 18.5 Å². The van der Waals surface area contributed by atoms with Gasteiger partial charge in [-0.1, -0.05) is 23.2 Å². The van der Waals surface area contributed by atoms with Crippen LogP contribution in [0.25, 0.3) is 0 Å². The molecule has 1 aliphatic rings. The molecule has 2 aromatic heterocycles. The number of hydrogen-bond acceptors (Lipinski definition) is 4. The molecule has 1 aliphatic carbocycles. The SMILES string of the molecule is Cn1c(CNc2ccc(S(=O)(=O)NCC3CC3)cn2)cc(Cl)c1Cl. The molecule has 2 N–H and O–H groups in total. The summed E-state index contributed by atoms with van der Waals surface area (Å²) in [5.74, 6) is 1.06. The van der Waals surface area contributed by atoms with Crippen LogP contribution in [0.3, 0.4) is 0 Å². The minimum atomic E-state index is -3.49. The van der Waals surface area contributed by atoms with Crippen LogP contribution in [-0.4, -0.2) is 24.5 Å². The molecule has 0 aliphatic heterocycles. The number of anilines is 1. The van der Waals surface area contributed by atoms with E-state index in [0.29, 0.717) is 35.0 Å². The molecule has 6 nitrogen and oxygen atoms in total. The van der Waals surface area contributed by atoms with Crippen molar-refractivity contribution in [2.45, 2.75) is 24.3 Å². The molecule has 2 aromatic rings. The first kappa shape index (κ1) is 17.5. The molecule has 24 heavy (non-hydrogen) atoms. The third-order valence-corrected chi connectivity index (χ3v) is 6.22. The highest BCUT2D eigenvalue weighted by Crippen LogP contribution is 2.28. The zero-order chi connectivity index (χ0) is 17.3. The van der Waals surface area contributed by atoms with Gasteiger partial charge in [0, 0.05) is 25.5 Å². The number of rotatable bonds is 7. The van der Waals surface area contributed by atoms with Crippen molar-refractivity contribution in [3.05, 3.63) is 40.3 Å². The van der Waals surface area contributed by atoms with Gasteiger partial charge in [0.15, 0.2) is 0 Å². The zero-order valence-electron chi connectivity index (χ0n) is 13.1. The Kier molecular flexibility index (Phi) is 5.05. The van der Waals surface area contributed by atoms with E-state index in [4.69, 9.17) is 23.2 Å². The standard InChI is InChI=1S/C15H18Cl2N4O2S/c1-21-11(6-13(16)15(21)17)8-18-14-5-4-12(9-19-14)24(22,23)20-7-10-2-3-10/h4-6,9-10,20H,2-3,7-8H2,1H3,(H,18,19). The number of hydrogen-bond donors (Lipinski definition) is 2. The van der Waals surface area contributed by atoms with Crippen molar-refractivity contribution in [3.8, 4) is 0 Å². The second-order valence-electron chi connectivity index (χ2n) is 5.86. The topological polar surface area (TPSA) is 76.0 Å². The highest BCUT2D eigenvalue weighted by Gasteiger charge is 2.24. The number of sulfonamides is 1. The molecular formula is C15H18Cl2N4O2S. The van der Waals surface area contributed by atoms with E-state index in [1.165, 1.54) is 12.3 Å². The first-order chi connectivity index (χ1) is 11.4. The van der Waals surface area contributed by atoms with E-state index in [1.807, 2.05) is 7.05 Å². The molecule has 0 bridgehead atoms. The molecule has 0 aromatic carbocycles. The Morgan fingerprint density at radius 1 is 1.33 bits per heavy atom. The van der Waals surface area contributed by atoms with Gasteiger partial charge in [-0.3, -0.25) is 0 Å². The molecule has 0 saturated heterocycles. The maximum absolute atomic E-state index is 12.1. The highest BCUT2D eigenvalue weighted by molar-refractivity contribution is 7.89. The predicted molar refractivity (Wildman–Crippen MR) is 94.9 cm³/mol. The first-order valence-electron chi connectivity index (χ1n) is 7.56. The Balaban J connectivity index is 1.62. The Labute approximate surface area is 151 Å². The molecular weight excluding hydrogens is 371 g/mol. The Bertz CT molecular complexity index is 830. The van der Waals surface area contributed by atoms with Crippen molar-refractivity contribution in [1.29, 1.82) is 0 Å². The fourth-order valence-electron chi connectivity index (χ4n) is 2.22. The smallest absolute Gasteiger partial charge is 0.242 e. The summed E-state index contributed by atoms with van der Waals surface area (Å²) in [6.45, 7) is 0.972. The number of pyridine rings is 1. The molecule has 0 atom stereocenters. The average molecular weight is 389 g/mol. The predicted octanol–water partition coefficient (Wildman–Crippen LogP) is 3.03. The van der Waals surface area contributed by atoms with Crippen LogP contribution in [0.2, 0.25) is 10.2 Å². The summed E-state index contributed by atoms with van der Waals surface area (Å²) in [6.07, 6.45) is 3.54. The van der Waals surface area contributed by atoms with Crippen molar-refractivity contribution in [3.63, 3.8) is 0 Å². The normalized spacial score (nSPS) is 14.8. The highest BCUT2D eigenvalue weighted by atomic mass is 35.5. The quantitative estimate of drug-likeness (QED) is 0.763. The maximum Gasteiger partial charge on any atom is 0.242 e. The van der Waals surface area contributed by atoms with Crippen LogP contribution in [0, 0.1) is 5.92 Å². The van der Waals surface area contributed by atoms with Crippen molar-refractivity contribution in [2.75, 3.05) is 11.9 Å². The third kappa shape index (κ3) is 4.03. The monoisotopic (exact) mass is 388 g/mol. The van der Waals surface area contributed by atoms with Gasteiger partial charge in [-0.2, -0.15) is 0 Å². The lowest BCUT2D eigenvalue weighted by molar-refractivity contribution is 0.577. The van der Waals surface area contributed by atoms with Gasteiger partial charge in [0.25, 0.3) is 0 Å². The van der Waals surface area contributed by atoms with Gasteiger partial charge in [-0.15, -0.1) is 0 Å². The number of aromatic nitrogens is 2. The molecule has 0 radical (unpaired) electrons.